The van der Waals surface area contributed by atoms with E-state index >= 15 is 0 Å². The van der Waals surface area contributed by atoms with E-state index in [9.17, 15) is 5.11 Å². The highest BCUT2D eigenvalue weighted by molar-refractivity contribution is 5.51. The first-order valence-corrected chi connectivity index (χ1v) is 11.2. The van der Waals surface area contributed by atoms with E-state index in [0.29, 0.717) is 6.54 Å². The van der Waals surface area contributed by atoms with Gasteiger partial charge in [0, 0.05) is 31.4 Å². The molecule has 2 aromatic carbocycles. The zero-order valence-corrected chi connectivity index (χ0v) is 18.3. The molecular formula is C25H36N2O3. The molecule has 1 heterocycles. The first kappa shape index (κ1) is 22.4. The van der Waals surface area contributed by atoms with Crippen molar-refractivity contribution in [1.82, 2.24) is 4.90 Å². The third-order valence-electron chi connectivity index (χ3n) is 5.71. The summed E-state index contributed by atoms with van der Waals surface area (Å²) in [7, 11) is 1.67. The van der Waals surface area contributed by atoms with E-state index in [2.05, 4.69) is 21.9 Å². The highest BCUT2D eigenvalue weighted by Gasteiger charge is 2.10. The molecule has 1 fully saturated rings. The molecule has 0 aromatic heterocycles. The first-order chi connectivity index (χ1) is 14.8. The van der Waals surface area contributed by atoms with Gasteiger partial charge in [0.25, 0.3) is 0 Å². The largest absolute Gasteiger partial charge is 0.497 e. The Balaban J connectivity index is 1.50. The predicted octanol–water partition coefficient (Wildman–Crippen LogP) is 4.34. The van der Waals surface area contributed by atoms with Gasteiger partial charge in [-0.1, -0.05) is 37.5 Å². The van der Waals surface area contributed by atoms with Crippen LogP contribution in [0, 0.1) is 0 Å². The van der Waals surface area contributed by atoms with Crippen LogP contribution in [0.2, 0.25) is 0 Å². The number of hydrogen-bond acceptors (Lipinski definition) is 5. The molecule has 1 aliphatic heterocycles. The molecule has 0 saturated carbocycles. The molecule has 2 aromatic rings. The number of rotatable bonds is 10. The fourth-order valence-electron chi connectivity index (χ4n) is 3.97. The van der Waals surface area contributed by atoms with E-state index in [0.717, 1.165) is 36.9 Å². The van der Waals surface area contributed by atoms with E-state index < -0.39 is 0 Å². The Labute approximate surface area is 181 Å². The maximum atomic E-state index is 9.49. The summed E-state index contributed by atoms with van der Waals surface area (Å²) < 4.78 is 11.3. The summed E-state index contributed by atoms with van der Waals surface area (Å²) in [6.07, 6.45) is 6.74. The van der Waals surface area contributed by atoms with Crippen LogP contribution >= 0.6 is 0 Å². The Morgan fingerprint density at radius 3 is 2.37 bits per heavy atom. The third-order valence-corrected chi connectivity index (χ3v) is 5.71. The van der Waals surface area contributed by atoms with Crippen LogP contribution in [0.5, 0.6) is 11.5 Å². The lowest BCUT2D eigenvalue weighted by molar-refractivity contribution is 0.195. The molecule has 1 N–H and O–H groups in total. The standard InChI is InChI=1S/C25H36N2O3/c1-29-25-9-7-8-23(20-25)27(16-18-28)21-22-10-12-24(13-11-22)30-19-17-26-14-5-3-2-4-6-15-26/h7-13,20,28H,2-6,14-19,21H2,1H3. The lowest BCUT2D eigenvalue weighted by Crippen LogP contribution is -2.31. The highest BCUT2D eigenvalue weighted by Crippen LogP contribution is 2.23. The number of likely N-dealkylation sites (tertiary alicyclic amines) is 1. The van der Waals surface area contributed by atoms with E-state index in [-0.39, 0.29) is 6.61 Å². The van der Waals surface area contributed by atoms with Gasteiger partial charge >= 0.3 is 0 Å². The molecular weight excluding hydrogens is 376 g/mol. The highest BCUT2D eigenvalue weighted by atomic mass is 16.5. The molecule has 1 saturated heterocycles. The number of hydrogen-bond donors (Lipinski definition) is 1. The second-order valence-electron chi connectivity index (χ2n) is 7.95. The Kier molecular flexibility index (Phi) is 9.32. The van der Waals surface area contributed by atoms with E-state index in [4.69, 9.17) is 9.47 Å². The molecule has 5 nitrogen and oxygen atoms in total. The van der Waals surface area contributed by atoms with Crippen LogP contribution in [0.15, 0.2) is 48.5 Å². The monoisotopic (exact) mass is 412 g/mol. The molecule has 0 atom stereocenters. The molecule has 0 unspecified atom stereocenters. The van der Waals surface area contributed by atoms with Crippen LogP contribution < -0.4 is 14.4 Å². The van der Waals surface area contributed by atoms with Crippen LogP contribution in [0.4, 0.5) is 5.69 Å². The number of benzene rings is 2. The molecule has 3 rings (SSSR count). The summed E-state index contributed by atoms with van der Waals surface area (Å²) in [5.74, 6) is 1.74. The summed E-state index contributed by atoms with van der Waals surface area (Å²) in [5, 5.41) is 9.49. The van der Waals surface area contributed by atoms with Crippen molar-refractivity contribution >= 4 is 5.69 Å². The van der Waals surface area contributed by atoms with E-state index in [1.54, 1.807) is 7.11 Å². The van der Waals surface area contributed by atoms with Gasteiger partial charge in [0.05, 0.1) is 13.7 Å². The molecule has 0 aliphatic carbocycles. The van der Waals surface area contributed by atoms with Gasteiger partial charge < -0.3 is 19.5 Å². The fourth-order valence-corrected chi connectivity index (χ4v) is 3.97. The molecule has 5 heteroatoms. The topological polar surface area (TPSA) is 45.2 Å². The first-order valence-electron chi connectivity index (χ1n) is 11.2. The number of aliphatic hydroxyl groups excluding tert-OH is 1. The van der Waals surface area contributed by atoms with Gasteiger partial charge in [-0.3, -0.25) is 4.90 Å². The summed E-state index contributed by atoms with van der Waals surface area (Å²) in [5.41, 5.74) is 2.22. The Bertz CT molecular complexity index is 727. The van der Waals surface area contributed by atoms with Crippen molar-refractivity contribution in [2.24, 2.45) is 0 Å². The SMILES string of the molecule is COc1cccc(N(CCO)Cc2ccc(OCCN3CCCCCCC3)cc2)c1. The summed E-state index contributed by atoms with van der Waals surface area (Å²) >= 11 is 0. The molecule has 0 spiro atoms. The quantitative estimate of drug-likeness (QED) is 0.629. The number of aliphatic hydroxyl groups is 1. The maximum Gasteiger partial charge on any atom is 0.120 e. The van der Waals surface area contributed by atoms with Crippen molar-refractivity contribution < 1.29 is 14.6 Å². The minimum Gasteiger partial charge on any atom is -0.497 e. The van der Waals surface area contributed by atoms with Crippen molar-refractivity contribution in [2.75, 3.05) is 51.4 Å². The van der Waals surface area contributed by atoms with Crippen molar-refractivity contribution in [2.45, 2.75) is 38.6 Å². The maximum absolute atomic E-state index is 9.49. The average molecular weight is 413 g/mol. The Morgan fingerprint density at radius 1 is 0.933 bits per heavy atom. The van der Waals surface area contributed by atoms with E-state index in [1.807, 2.05) is 36.4 Å². The lowest BCUT2D eigenvalue weighted by Gasteiger charge is -2.25. The molecule has 0 amide bonds. The zero-order valence-electron chi connectivity index (χ0n) is 18.3. The van der Waals surface area contributed by atoms with Crippen LogP contribution in [0.1, 0.15) is 37.7 Å². The molecule has 164 valence electrons. The second-order valence-corrected chi connectivity index (χ2v) is 7.95. The fraction of sp³-hybridized carbons (Fsp3) is 0.520. The minimum atomic E-state index is 0.106. The third kappa shape index (κ3) is 7.22. The van der Waals surface area contributed by atoms with Crippen LogP contribution in [-0.2, 0) is 6.54 Å². The van der Waals surface area contributed by atoms with Crippen LogP contribution in [0.25, 0.3) is 0 Å². The van der Waals surface area contributed by atoms with E-state index in [1.165, 1.54) is 50.8 Å². The van der Waals surface area contributed by atoms with Crippen molar-refractivity contribution in [3.63, 3.8) is 0 Å². The molecule has 30 heavy (non-hydrogen) atoms. The number of methoxy groups -OCH3 is 1. The molecule has 0 radical (unpaired) electrons. The number of nitrogens with zero attached hydrogens (tertiary/aromatic N) is 2. The average Bonchev–Trinajstić information content (AvgIpc) is 2.76. The molecule has 0 bridgehead atoms. The summed E-state index contributed by atoms with van der Waals surface area (Å²) in [6, 6.07) is 16.3. The van der Waals surface area contributed by atoms with Crippen LogP contribution in [-0.4, -0.2) is 56.5 Å². The van der Waals surface area contributed by atoms with Gasteiger partial charge in [-0.15, -0.1) is 0 Å². The van der Waals surface area contributed by atoms with Gasteiger partial charge in [0.15, 0.2) is 0 Å². The van der Waals surface area contributed by atoms with Crippen molar-refractivity contribution in [1.29, 1.82) is 0 Å². The molecule has 1 aliphatic rings. The van der Waals surface area contributed by atoms with Crippen molar-refractivity contribution in [3.8, 4) is 11.5 Å². The van der Waals surface area contributed by atoms with Gasteiger partial charge in [-0.2, -0.15) is 0 Å². The normalized spacial score (nSPS) is 15.3. The smallest absolute Gasteiger partial charge is 0.120 e. The number of ether oxygens (including phenoxy) is 2. The summed E-state index contributed by atoms with van der Waals surface area (Å²) in [4.78, 5) is 4.69. The number of anilines is 1. The van der Waals surface area contributed by atoms with Gasteiger partial charge in [-0.05, 0) is 55.8 Å². The lowest BCUT2D eigenvalue weighted by atomic mass is 10.1. The zero-order chi connectivity index (χ0) is 21.0. The second kappa shape index (κ2) is 12.5. The van der Waals surface area contributed by atoms with Gasteiger partial charge in [-0.25, -0.2) is 0 Å². The predicted molar refractivity (Wildman–Crippen MR) is 123 cm³/mol. The Morgan fingerprint density at radius 2 is 1.67 bits per heavy atom. The van der Waals surface area contributed by atoms with Gasteiger partial charge in [0.1, 0.15) is 18.1 Å². The van der Waals surface area contributed by atoms with Crippen LogP contribution in [0.3, 0.4) is 0 Å². The van der Waals surface area contributed by atoms with Gasteiger partial charge in [0.2, 0.25) is 0 Å². The van der Waals surface area contributed by atoms with Crippen molar-refractivity contribution in [3.05, 3.63) is 54.1 Å². The minimum absolute atomic E-state index is 0.106. The summed E-state index contributed by atoms with van der Waals surface area (Å²) in [6.45, 7) is 5.54. The Hall–Kier alpha value is -2.24.